The van der Waals surface area contributed by atoms with Gasteiger partial charge in [-0.25, -0.2) is 13.2 Å². The quantitative estimate of drug-likeness (QED) is 0.754. The number of carboxylic acids is 1. The Morgan fingerprint density at radius 2 is 1.69 bits per heavy atom. The van der Waals surface area contributed by atoms with Crippen molar-refractivity contribution in [1.29, 1.82) is 0 Å². The molecule has 1 atom stereocenters. The number of amides is 1. The van der Waals surface area contributed by atoms with Crippen molar-refractivity contribution < 1.29 is 32.6 Å². The van der Waals surface area contributed by atoms with E-state index in [1.807, 2.05) is 0 Å². The number of carbonyl (C=O) groups is 2. The highest BCUT2D eigenvalue weighted by atomic mass is 32.2. The van der Waals surface area contributed by atoms with Gasteiger partial charge in [0.15, 0.2) is 6.10 Å². The van der Waals surface area contributed by atoms with Crippen molar-refractivity contribution in [2.24, 2.45) is 0 Å². The van der Waals surface area contributed by atoms with Crippen LogP contribution < -0.4 is 0 Å². The Balaban J connectivity index is 1.72. The maximum atomic E-state index is 12.6. The van der Waals surface area contributed by atoms with Gasteiger partial charge in [0.1, 0.15) is 0 Å². The van der Waals surface area contributed by atoms with Crippen LogP contribution in [0.2, 0.25) is 0 Å². The molecule has 0 radical (unpaired) electrons. The fourth-order valence-corrected chi connectivity index (χ4v) is 4.28. The first-order valence-corrected chi connectivity index (χ1v) is 9.65. The highest BCUT2D eigenvalue weighted by molar-refractivity contribution is 7.89. The molecule has 0 saturated carbocycles. The van der Waals surface area contributed by atoms with Gasteiger partial charge in [-0.1, -0.05) is 0 Å². The lowest BCUT2D eigenvalue weighted by Gasteiger charge is -2.31. The molecule has 0 aliphatic carbocycles. The Morgan fingerprint density at radius 3 is 2.31 bits per heavy atom. The largest absolute Gasteiger partial charge is 0.479 e. The summed E-state index contributed by atoms with van der Waals surface area (Å²) < 4.78 is 36.8. The number of rotatable bonds is 4. The Morgan fingerprint density at radius 1 is 1.04 bits per heavy atom. The number of hydrogen-bond acceptors (Lipinski definition) is 6. The molecule has 3 rings (SSSR count). The zero-order valence-electron chi connectivity index (χ0n) is 14.0. The molecule has 1 aromatic rings. The molecule has 9 nitrogen and oxygen atoms in total. The Kier molecular flexibility index (Phi) is 5.56. The Bertz CT molecular complexity index is 772. The topological polar surface area (TPSA) is 113 Å². The molecular weight excluding hydrogens is 364 g/mol. The first-order valence-electron chi connectivity index (χ1n) is 8.21. The average molecular weight is 384 g/mol. The maximum absolute atomic E-state index is 12.6. The number of hydrogen-bond donors (Lipinski definition) is 1. The molecular formula is C16H20N2O7S. The van der Waals surface area contributed by atoms with Crippen LogP contribution in [0.4, 0.5) is 0 Å². The molecule has 2 aliphatic heterocycles. The fraction of sp³-hybridized carbons (Fsp3) is 0.500. The first kappa shape index (κ1) is 18.8. The number of ether oxygens (including phenoxy) is 2. The number of nitrogens with zero attached hydrogens (tertiary/aromatic N) is 2. The second-order valence-electron chi connectivity index (χ2n) is 5.99. The van der Waals surface area contributed by atoms with E-state index in [1.165, 1.54) is 33.5 Å². The lowest BCUT2D eigenvalue weighted by atomic mass is 10.1. The minimum atomic E-state index is -3.62. The zero-order valence-corrected chi connectivity index (χ0v) is 14.9. The normalized spacial score (nSPS) is 22.2. The summed E-state index contributed by atoms with van der Waals surface area (Å²) in [6.45, 7) is 1.71. The van der Waals surface area contributed by atoms with Crippen LogP contribution in [-0.4, -0.2) is 86.7 Å². The summed E-state index contributed by atoms with van der Waals surface area (Å²) in [7, 11) is -3.62. The fourth-order valence-electron chi connectivity index (χ4n) is 2.87. The van der Waals surface area contributed by atoms with Crippen LogP contribution in [0.1, 0.15) is 10.4 Å². The van der Waals surface area contributed by atoms with Crippen molar-refractivity contribution in [3.8, 4) is 0 Å². The molecule has 1 unspecified atom stereocenters. The smallest absolute Gasteiger partial charge is 0.334 e. The molecule has 0 bridgehead atoms. The summed E-state index contributed by atoms with van der Waals surface area (Å²) in [6.07, 6.45) is -1.05. The van der Waals surface area contributed by atoms with Crippen molar-refractivity contribution >= 4 is 21.9 Å². The summed E-state index contributed by atoms with van der Waals surface area (Å²) in [5, 5.41) is 9.01. The van der Waals surface area contributed by atoms with Crippen LogP contribution >= 0.6 is 0 Å². The third-order valence-electron chi connectivity index (χ3n) is 4.34. The van der Waals surface area contributed by atoms with Gasteiger partial charge in [-0.2, -0.15) is 4.31 Å². The SMILES string of the molecule is O=C(O)C1CN(C(=O)c2ccc(S(=O)(=O)N3CCOCC3)cc2)CCO1. The van der Waals surface area contributed by atoms with Crippen molar-refractivity contribution in [2.45, 2.75) is 11.0 Å². The molecule has 2 saturated heterocycles. The number of carboxylic acid groups (broad SMARTS) is 1. The van der Waals surface area contributed by atoms with E-state index in [1.54, 1.807) is 0 Å². The van der Waals surface area contributed by atoms with E-state index in [-0.39, 0.29) is 30.5 Å². The molecule has 0 spiro atoms. The van der Waals surface area contributed by atoms with Crippen LogP contribution in [0, 0.1) is 0 Å². The first-order chi connectivity index (χ1) is 12.4. The third-order valence-corrected chi connectivity index (χ3v) is 6.25. The monoisotopic (exact) mass is 384 g/mol. The van der Waals surface area contributed by atoms with E-state index >= 15 is 0 Å². The van der Waals surface area contributed by atoms with Gasteiger partial charge < -0.3 is 19.5 Å². The molecule has 2 fully saturated rings. The number of sulfonamides is 1. The molecule has 10 heteroatoms. The standard InChI is InChI=1S/C16H20N2O7S/c19-15(17-5-10-25-14(11-17)16(20)21)12-1-3-13(4-2-12)26(22,23)18-6-8-24-9-7-18/h1-4,14H,5-11H2,(H,20,21). The van der Waals surface area contributed by atoms with Crippen LogP contribution in [0.15, 0.2) is 29.2 Å². The molecule has 2 aliphatic rings. The summed E-state index contributed by atoms with van der Waals surface area (Å²) >= 11 is 0. The molecule has 1 aromatic carbocycles. The molecule has 142 valence electrons. The van der Waals surface area contributed by atoms with Gasteiger partial charge in [-0.05, 0) is 24.3 Å². The highest BCUT2D eigenvalue weighted by Gasteiger charge is 2.30. The van der Waals surface area contributed by atoms with Gasteiger partial charge in [-0.15, -0.1) is 0 Å². The maximum Gasteiger partial charge on any atom is 0.334 e. The average Bonchev–Trinajstić information content (AvgIpc) is 2.68. The van der Waals surface area contributed by atoms with Crippen molar-refractivity contribution in [2.75, 3.05) is 46.0 Å². The van der Waals surface area contributed by atoms with E-state index in [0.717, 1.165) is 0 Å². The van der Waals surface area contributed by atoms with Gasteiger partial charge in [0, 0.05) is 25.2 Å². The summed E-state index contributed by atoms with van der Waals surface area (Å²) in [5.74, 6) is -1.47. The number of carbonyl (C=O) groups excluding carboxylic acids is 1. The third kappa shape index (κ3) is 3.88. The summed E-state index contributed by atoms with van der Waals surface area (Å²) in [4.78, 5) is 25.1. The van der Waals surface area contributed by atoms with Gasteiger partial charge in [0.2, 0.25) is 10.0 Å². The molecule has 0 aromatic heterocycles. The van der Waals surface area contributed by atoms with E-state index < -0.39 is 22.1 Å². The van der Waals surface area contributed by atoms with Crippen molar-refractivity contribution in [3.05, 3.63) is 29.8 Å². The van der Waals surface area contributed by atoms with Crippen molar-refractivity contribution in [1.82, 2.24) is 9.21 Å². The second kappa shape index (κ2) is 7.70. The lowest BCUT2D eigenvalue weighted by Crippen LogP contribution is -2.48. The van der Waals surface area contributed by atoms with Crippen LogP contribution in [0.25, 0.3) is 0 Å². The zero-order chi connectivity index (χ0) is 18.7. The molecule has 1 N–H and O–H groups in total. The Labute approximate surface area is 151 Å². The number of aliphatic carboxylic acids is 1. The lowest BCUT2D eigenvalue weighted by molar-refractivity contribution is -0.154. The summed E-state index contributed by atoms with van der Waals surface area (Å²) in [5.41, 5.74) is 0.303. The molecule has 1 amide bonds. The summed E-state index contributed by atoms with van der Waals surface area (Å²) in [6, 6.07) is 5.68. The van der Waals surface area contributed by atoms with E-state index in [4.69, 9.17) is 14.6 Å². The Hall–Kier alpha value is -2.01. The van der Waals surface area contributed by atoms with Crippen LogP contribution in [0.5, 0.6) is 0 Å². The number of benzene rings is 1. The van der Waals surface area contributed by atoms with E-state index in [2.05, 4.69) is 0 Å². The van der Waals surface area contributed by atoms with Gasteiger partial charge >= 0.3 is 5.97 Å². The van der Waals surface area contributed by atoms with Crippen molar-refractivity contribution in [3.63, 3.8) is 0 Å². The molecule has 26 heavy (non-hydrogen) atoms. The van der Waals surface area contributed by atoms with Gasteiger partial charge in [-0.3, -0.25) is 4.79 Å². The van der Waals surface area contributed by atoms with E-state index in [0.29, 0.717) is 31.9 Å². The van der Waals surface area contributed by atoms with E-state index in [9.17, 15) is 18.0 Å². The minimum Gasteiger partial charge on any atom is -0.479 e. The van der Waals surface area contributed by atoms with Crippen LogP contribution in [-0.2, 0) is 24.3 Å². The minimum absolute atomic E-state index is 0.0397. The second-order valence-corrected chi connectivity index (χ2v) is 7.93. The predicted octanol–water partition coefficient (Wildman–Crippen LogP) is -0.367. The number of morpholine rings is 2. The highest BCUT2D eigenvalue weighted by Crippen LogP contribution is 2.19. The molecule has 2 heterocycles. The van der Waals surface area contributed by atoms with Crippen LogP contribution in [0.3, 0.4) is 0 Å². The predicted molar refractivity (Wildman–Crippen MR) is 89.3 cm³/mol. The van der Waals surface area contributed by atoms with Gasteiger partial charge in [0.05, 0.1) is 31.3 Å². The van der Waals surface area contributed by atoms with Gasteiger partial charge in [0.25, 0.3) is 5.91 Å².